The smallest absolute Gasteiger partial charge is 0.224 e. The number of benzene rings is 1. The molecule has 1 saturated heterocycles. The SMILES string of the molecule is COc1cccc2c1CCC2NC(=O)C1CCNC1.Cl. The first-order chi connectivity index (χ1) is 9.29. The van der Waals surface area contributed by atoms with Crippen molar-refractivity contribution in [2.24, 2.45) is 5.92 Å². The van der Waals surface area contributed by atoms with Crippen LogP contribution in [0.3, 0.4) is 0 Å². The number of carbonyl (C=O) groups is 1. The average Bonchev–Trinajstić information content (AvgIpc) is 3.08. The van der Waals surface area contributed by atoms with Gasteiger partial charge in [0.25, 0.3) is 0 Å². The molecule has 5 heteroatoms. The number of rotatable bonds is 3. The van der Waals surface area contributed by atoms with Crippen molar-refractivity contribution in [2.75, 3.05) is 20.2 Å². The van der Waals surface area contributed by atoms with Crippen molar-refractivity contribution in [3.8, 4) is 5.75 Å². The summed E-state index contributed by atoms with van der Waals surface area (Å²) in [5, 5.41) is 6.43. The van der Waals surface area contributed by atoms with E-state index in [1.54, 1.807) is 7.11 Å². The summed E-state index contributed by atoms with van der Waals surface area (Å²) in [5.74, 6) is 1.26. The Morgan fingerprint density at radius 2 is 2.25 bits per heavy atom. The molecular weight excluding hydrogens is 276 g/mol. The van der Waals surface area contributed by atoms with Crippen molar-refractivity contribution in [2.45, 2.75) is 25.3 Å². The van der Waals surface area contributed by atoms with Crippen LogP contribution in [-0.2, 0) is 11.2 Å². The highest BCUT2D eigenvalue weighted by Crippen LogP contribution is 2.36. The summed E-state index contributed by atoms with van der Waals surface area (Å²) in [6.07, 6.45) is 2.90. The summed E-state index contributed by atoms with van der Waals surface area (Å²) in [6, 6.07) is 6.24. The molecule has 1 amide bonds. The Balaban J connectivity index is 0.00000147. The summed E-state index contributed by atoms with van der Waals surface area (Å²) in [6.45, 7) is 1.76. The lowest BCUT2D eigenvalue weighted by Gasteiger charge is -2.17. The third-order valence-corrected chi connectivity index (χ3v) is 4.20. The average molecular weight is 297 g/mol. The normalized spacial score (nSPS) is 23.9. The van der Waals surface area contributed by atoms with Crippen LogP contribution in [0.1, 0.15) is 30.0 Å². The van der Waals surface area contributed by atoms with E-state index in [9.17, 15) is 4.79 Å². The first-order valence-corrected chi connectivity index (χ1v) is 6.96. The Labute approximate surface area is 125 Å². The van der Waals surface area contributed by atoms with E-state index in [1.165, 1.54) is 11.1 Å². The number of ether oxygens (including phenoxy) is 1. The highest BCUT2D eigenvalue weighted by Gasteiger charge is 2.29. The molecule has 110 valence electrons. The van der Waals surface area contributed by atoms with Crippen LogP contribution in [0.25, 0.3) is 0 Å². The Hall–Kier alpha value is -1.26. The van der Waals surface area contributed by atoms with Crippen LogP contribution in [0, 0.1) is 5.92 Å². The zero-order valence-electron chi connectivity index (χ0n) is 11.6. The molecule has 4 nitrogen and oxygen atoms in total. The van der Waals surface area contributed by atoms with Crippen molar-refractivity contribution < 1.29 is 9.53 Å². The number of hydrogen-bond donors (Lipinski definition) is 2. The maximum atomic E-state index is 12.2. The Kier molecular flexibility index (Phi) is 4.89. The van der Waals surface area contributed by atoms with Gasteiger partial charge in [0.2, 0.25) is 5.91 Å². The highest BCUT2D eigenvalue weighted by atomic mass is 35.5. The molecule has 0 bridgehead atoms. The van der Waals surface area contributed by atoms with Crippen LogP contribution < -0.4 is 15.4 Å². The van der Waals surface area contributed by atoms with Gasteiger partial charge in [0.1, 0.15) is 5.75 Å². The van der Waals surface area contributed by atoms with Crippen molar-refractivity contribution in [1.82, 2.24) is 10.6 Å². The lowest BCUT2D eigenvalue weighted by molar-refractivity contribution is -0.125. The summed E-state index contributed by atoms with van der Waals surface area (Å²) in [7, 11) is 1.70. The first kappa shape index (κ1) is 15.1. The Bertz CT molecular complexity index is 487. The van der Waals surface area contributed by atoms with E-state index in [4.69, 9.17) is 4.74 Å². The molecule has 2 atom stereocenters. The molecule has 0 radical (unpaired) electrons. The first-order valence-electron chi connectivity index (χ1n) is 6.96. The fourth-order valence-corrected chi connectivity index (χ4v) is 3.13. The van der Waals surface area contributed by atoms with Crippen LogP contribution in [0.2, 0.25) is 0 Å². The van der Waals surface area contributed by atoms with Crippen LogP contribution in [0.15, 0.2) is 18.2 Å². The standard InChI is InChI=1S/C15H20N2O2.ClH/c1-19-14-4-2-3-11-12(14)5-6-13(11)17-15(18)10-7-8-16-9-10;/h2-4,10,13,16H,5-9H2,1H3,(H,17,18);1H. The number of fused-ring (bicyclic) bond motifs is 1. The van der Waals surface area contributed by atoms with E-state index in [2.05, 4.69) is 16.7 Å². The lowest BCUT2D eigenvalue weighted by atomic mass is 10.0. The molecule has 20 heavy (non-hydrogen) atoms. The van der Waals surface area contributed by atoms with Gasteiger partial charge in [0.05, 0.1) is 19.1 Å². The number of carbonyl (C=O) groups excluding carboxylic acids is 1. The monoisotopic (exact) mass is 296 g/mol. The number of halogens is 1. The molecule has 2 N–H and O–H groups in total. The van der Waals surface area contributed by atoms with E-state index >= 15 is 0 Å². The molecule has 0 saturated carbocycles. The van der Waals surface area contributed by atoms with Crippen molar-refractivity contribution in [3.63, 3.8) is 0 Å². The van der Waals surface area contributed by atoms with Gasteiger partial charge in [-0.2, -0.15) is 0 Å². The van der Waals surface area contributed by atoms with Gasteiger partial charge in [-0.15, -0.1) is 12.4 Å². The molecule has 1 fully saturated rings. The largest absolute Gasteiger partial charge is 0.496 e. The number of nitrogens with one attached hydrogen (secondary N) is 2. The molecule has 0 spiro atoms. The number of hydrogen-bond acceptors (Lipinski definition) is 3. The summed E-state index contributed by atoms with van der Waals surface area (Å²) in [4.78, 5) is 12.2. The van der Waals surface area contributed by atoms with Gasteiger partial charge in [-0.05, 0) is 43.0 Å². The second-order valence-corrected chi connectivity index (χ2v) is 5.32. The molecular formula is C15H21ClN2O2. The predicted molar refractivity (Wildman–Crippen MR) is 80.4 cm³/mol. The highest BCUT2D eigenvalue weighted by molar-refractivity contribution is 5.85. The number of amides is 1. The van der Waals surface area contributed by atoms with Crippen LogP contribution in [0.5, 0.6) is 5.75 Å². The van der Waals surface area contributed by atoms with Crippen LogP contribution in [0.4, 0.5) is 0 Å². The fraction of sp³-hybridized carbons (Fsp3) is 0.533. The van der Waals surface area contributed by atoms with E-state index in [1.807, 2.05) is 12.1 Å². The molecule has 2 aliphatic rings. The quantitative estimate of drug-likeness (QED) is 0.895. The number of methoxy groups -OCH3 is 1. The molecule has 1 heterocycles. The van der Waals surface area contributed by atoms with Gasteiger partial charge < -0.3 is 15.4 Å². The molecule has 3 rings (SSSR count). The molecule has 1 aliphatic heterocycles. The summed E-state index contributed by atoms with van der Waals surface area (Å²) in [5.41, 5.74) is 2.47. The van der Waals surface area contributed by atoms with Crippen LogP contribution >= 0.6 is 12.4 Å². The zero-order chi connectivity index (χ0) is 13.2. The van der Waals surface area contributed by atoms with E-state index in [0.717, 1.165) is 38.1 Å². The zero-order valence-corrected chi connectivity index (χ0v) is 12.5. The van der Waals surface area contributed by atoms with Gasteiger partial charge in [-0.1, -0.05) is 12.1 Å². The van der Waals surface area contributed by atoms with Gasteiger partial charge in [0.15, 0.2) is 0 Å². The van der Waals surface area contributed by atoms with Gasteiger partial charge in [-0.3, -0.25) is 4.79 Å². The third kappa shape index (κ3) is 2.76. The topological polar surface area (TPSA) is 50.4 Å². The lowest BCUT2D eigenvalue weighted by Crippen LogP contribution is -2.34. The third-order valence-electron chi connectivity index (χ3n) is 4.20. The fourth-order valence-electron chi connectivity index (χ4n) is 3.13. The Morgan fingerprint density at radius 3 is 2.95 bits per heavy atom. The maximum absolute atomic E-state index is 12.2. The van der Waals surface area contributed by atoms with E-state index < -0.39 is 0 Å². The minimum Gasteiger partial charge on any atom is -0.496 e. The van der Waals surface area contributed by atoms with Gasteiger partial charge >= 0.3 is 0 Å². The van der Waals surface area contributed by atoms with Crippen molar-refractivity contribution in [3.05, 3.63) is 29.3 Å². The second-order valence-electron chi connectivity index (χ2n) is 5.32. The summed E-state index contributed by atoms with van der Waals surface area (Å²) >= 11 is 0. The molecule has 0 aromatic heterocycles. The second kappa shape index (κ2) is 6.46. The molecule has 2 unspecified atom stereocenters. The van der Waals surface area contributed by atoms with Crippen molar-refractivity contribution >= 4 is 18.3 Å². The minimum atomic E-state index is 0. The van der Waals surface area contributed by atoms with Gasteiger partial charge in [0, 0.05) is 6.54 Å². The summed E-state index contributed by atoms with van der Waals surface area (Å²) < 4.78 is 5.39. The molecule has 1 aliphatic carbocycles. The van der Waals surface area contributed by atoms with Crippen LogP contribution in [-0.4, -0.2) is 26.1 Å². The Morgan fingerprint density at radius 1 is 1.40 bits per heavy atom. The van der Waals surface area contributed by atoms with E-state index in [-0.39, 0.29) is 30.3 Å². The van der Waals surface area contributed by atoms with E-state index in [0.29, 0.717) is 0 Å². The molecule has 1 aromatic rings. The van der Waals surface area contributed by atoms with Gasteiger partial charge in [-0.25, -0.2) is 0 Å². The van der Waals surface area contributed by atoms with Crippen molar-refractivity contribution in [1.29, 1.82) is 0 Å². The minimum absolute atomic E-state index is 0. The predicted octanol–water partition coefficient (Wildman–Crippen LogP) is 1.83. The maximum Gasteiger partial charge on any atom is 0.224 e. The molecule has 1 aromatic carbocycles.